The molecule has 0 atom stereocenters. The van der Waals surface area contributed by atoms with Gasteiger partial charge in [-0.3, -0.25) is 0 Å². The van der Waals surface area contributed by atoms with Gasteiger partial charge in [-0.2, -0.15) is 0 Å². The van der Waals surface area contributed by atoms with Gasteiger partial charge >= 0.3 is 7.12 Å². The van der Waals surface area contributed by atoms with Crippen LogP contribution in [0, 0.1) is 0 Å². The number of rotatable bonds is 5. The van der Waals surface area contributed by atoms with Gasteiger partial charge in [-0.05, 0) is 56.6 Å². The highest BCUT2D eigenvalue weighted by Crippen LogP contribution is 2.34. The summed E-state index contributed by atoms with van der Waals surface area (Å²) in [5.74, 6) is 1.54. The van der Waals surface area contributed by atoms with Gasteiger partial charge in [-0.1, -0.05) is 91.0 Å². The maximum atomic E-state index is 6.37. The highest BCUT2D eigenvalue weighted by atomic mass is 16.6. The first-order chi connectivity index (χ1) is 15.4. The predicted molar refractivity (Wildman–Crippen MR) is 130 cm³/mol. The summed E-state index contributed by atoms with van der Waals surface area (Å²) >= 11 is 0. The smallest absolute Gasteiger partial charge is 0.522 e. The zero-order valence-electron chi connectivity index (χ0n) is 16.9. The van der Waals surface area contributed by atoms with E-state index in [-0.39, 0.29) is 0 Å². The minimum Gasteiger partial charge on any atom is -0.522 e. The van der Waals surface area contributed by atoms with Crippen LogP contribution in [0.15, 0.2) is 115 Å². The second-order valence-electron chi connectivity index (χ2n) is 7.70. The first-order valence-electron chi connectivity index (χ1n) is 10.5. The van der Waals surface area contributed by atoms with Crippen LogP contribution in [0.5, 0.6) is 11.5 Å². The van der Waals surface area contributed by atoms with Crippen molar-refractivity contribution in [1.29, 1.82) is 0 Å². The standard InChI is InChI=1S/C28H19BO2/c1-3-10-23(11-4-1)30-29(31-24-12-5-2-6-13-24)26-19-17-22-15-14-20-8-7-9-21-16-18-25(26)28(22)27(20)21/h1-19H. The van der Waals surface area contributed by atoms with Gasteiger partial charge < -0.3 is 9.31 Å². The van der Waals surface area contributed by atoms with E-state index in [0.717, 1.165) is 22.3 Å². The first-order valence-corrected chi connectivity index (χ1v) is 10.5. The second-order valence-corrected chi connectivity index (χ2v) is 7.70. The van der Waals surface area contributed by atoms with E-state index in [1.54, 1.807) is 0 Å². The third kappa shape index (κ3) is 3.15. The van der Waals surface area contributed by atoms with Crippen molar-refractivity contribution >= 4 is 44.9 Å². The van der Waals surface area contributed by atoms with Crippen molar-refractivity contribution in [3.05, 3.63) is 115 Å². The molecule has 0 aliphatic carbocycles. The molecule has 0 radical (unpaired) electrons. The SMILES string of the molecule is c1ccc(OB(Oc2ccccc2)c2ccc3ccc4cccc5ccc2c3c45)cc1. The molecular formula is C28H19BO2. The molecular weight excluding hydrogens is 379 g/mol. The van der Waals surface area contributed by atoms with Crippen LogP contribution in [0.3, 0.4) is 0 Å². The van der Waals surface area contributed by atoms with Crippen LogP contribution in [0.1, 0.15) is 0 Å². The van der Waals surface area contributed by atoms with Crippen LogP contribution in [0.4, 0.5) is 0 Å². The molecule has 0 saturated heterocycles. The van der Waals surface area contributed by atoms with Crippen LogP contribution in [-0.4, -0.2) is 7.12 Å². The fourth-order valence-electron chi connectivity index (χ4n) is 4.36. The summed E-state index contributed by atoms with van der Waals surface area (Å²) in [4.78, 5) is 0. The molecule has 0 unspecified atom stereocenters. The van der Waals surface area contributed by atoms with E-state index in [2.05, 4.69) is 54.6 Å². The van der Waals surface area contributed by atoms with Crippen molar-refractivity contribution in [1.82, 2.24) is 0 Å². The van der Waals surface area contributed by atoms with Crippen molar-refractivity contribution < 1.29 is 9.31 Å². The summed E-state index contributed by atoms with van der Waals surface area (Å²) in [6, 6.07) is 39.2. The number of hydrogen-bond donors (Lipinski definition) is 0. The topological polar surface area (TPSA) is 18.5 Å². The highest BCUT2D eigenvalue weighted by molar-refractivity contribution is 6.66. The zero-order chi connectivity index (χ0) is 20.6. The Morgan fingerprint density at radius 2 is 0.935 bits per heavy atom. The van der Waals surface area contributed by atoms with Crippen molar-refractivity contribution in [2.75, 3.05) is 0 Å². The summed E-state index contributed by atoms with van der Waals surface area (Å²) < 4.78 is 12.7. The Morgan fingerprint density at radius 3 is 1.55 bits per heavy atom. The Hall–Kier alpha value is -3.98. The number of hydrogen-bond acceptors (Lipinski definition) is 2. The van der Waals surface area contributed by atoms with Crippen LogP contribution in [0.25, 0.3) is 32.3 Å². The Morgan fingerprint density at radius 1 is 0.419 bits per heavy atom. The van der Waals surface area contributed by atoms with Gasteiger partial charge in [0.05, 0.1) is 0 Å². The number of benzene rings is 6. The highest BCUT2D eigenvalue weighted by Gasteiger charge is 2.29. The van der Waals surface area contributed by atoms with E-state index in [1.807, 2.05) is 60.7 Å². The molecule has 0 saturated carbocycles. The fourth-order valence-corrected chi connectivity index (χ4v) is 4.36. The lowest BCUT2D eigenvalue weighted by molar-refractivity contribution is 0.439. The normalized spacial score (nSPS) is 11.2. The lowest BCUT2D eigenvalue weighted by Gasteiger charge is -2.20. The molecule has 0 heterocycles. The molecule has 0 aliphatic rings. The molecule has 6 aromatic rings. The largest absolute Gasteiger partial charge is 0.633 e. The molecule has 6 rings (SSSR count). The molecule has 0 fully saturated rings. The Labute approximate surface area is 181 Å². The van der Waals surface area contributed by atoms with E-state index in [0.29, 0.717) is 0 Å². The van der Waals surface area contributed by atoms with Crippen LogP contribution < -0.4 is 14.8 Å². The minimum absolute atomic E-state index is 0.575. The van der Waals surface area contributed by atoms with Gasteiger partial charge in [-0.15, -0.1) is 0 Å². The van der Waals surface area contributed by atoms with Crippen LogP contribution in [-0.2, 0) is 0 Å². The average Bonchev–Trinajstić information content (AvgIpc) is 2.83. The van der Waals surface area contributed by atoms with Gasteiger partial charge in [0.25, 0.3) is 0 Å². The summed E-state index contributed by atoms with van der Waals surface area (Å²) in [5.41, 5.74) is 1.01. The molecule has 3 heteroatoms. The second kappa shape index (κ2) is 7.37. The van der Waals surface area contributed by atoms with Crippen molar-refractivity contribution in [2.45, 2.75) is 0 Å². The summed E-state index contributed by atoms with van der Waals surface area (Å²) in [6.45, 7) is 0. The molecule has 0 aliphatic heterocycles. The average molecular weight is 398 g/mol. The minimum atomic E-state index is -0.575. The van der Waals surface area contributed by atoms with Gasteiger partial charge in [-0.25, -0.2) is 0 Å². The molecule has 0 amide bonds. The Balaban J connectivity index is 1.56. The fraction of sp³-hybridized carbons (Fsp3) is 0. The summed E-state index contributed by atoms with van der Waals surface area (Å²) in [7, 11) is -0.575. The van der Waals surface area contributed by atoms with E-state index >= 15 is 0 Å². The van der Waals surface area contributed by atoms with Crippen LogP contribution >= 0.6 is 0 Å². The van der Waals surface area contributed by atoms with E-state index in [1.165, 1.54) is 26.9 Å². The summed E-state index contributed by atoms with van der Waals surface area (Å²) in [6.07, 6.45) is 0. The third-order valence-corrected chi connectivity index (χ3v) is 5.79. The monoisotopic (exact) mass is 398 g/mol. The maximum Gasteiger partial charge on any atom is 0.633 e. The third-order valence-electron chi connectivity index (χ3n) is 5.79. The lowest BCUT2D eigenvalue weighted by atomic mass is 9.74. The van der Waals surface area contributed by atoms with Gasteiger partial charge in [0, 0.05) is 5.46 Å². The molecule has 2 nitrogen and oxygen atoms in total. The molecule has 0 aromatic heterocycles. The van der Waals surface area contributed by atoms with E-state index in [4.69, 9.17) is 9.31 Å². The molecule has 0 spiro atoms. The first kappa shape index (κ1) is 17.8. The van der Waals surface area contributed by atoms with Gasteiger partial charge in [0.15, 0.2) is 0 Å². The number of para-hydroxylation sites is 2. The Kier molecular flexibility index (Phi) is 4.24. The van der Waals surface area contributed by atoms with Gasteiger partial charge in [0.1, 0.15) is 11.5 Å². The molecule has 0 bridgehead atoms. The van der Waals surface area contributed by atoms with Gasteiger partial charge in [0.2, 0.25) is 0 Å². The van der Waals surface area contributed by atoms with Crippen LogP contribution in [0.2, 0.25) is 0 Å². The zero-order valence-corrected chi connectivity index (χ0v) is 16.9. The quantitative estimate of drug-likeness (QED) is 0.246. The molecule has 6 aromatic carbocycles. The summed E-state index contributed by atoms with van der Waals surface area (Å²) in [5, 5.41) is 7.42. The van der Waals surface area contributed by atoms with Crippen molar-refractivity contribution in [2.24, 2.45) is 0 Å². The lowest BCUT2D eigenvalue weighted by Crippen LogP contribution is -2.43. The predicted octanol–water partition coefficient (Wildman–Crippen LogP) is 6.44. The molecule has 146 valence electrons. The molecule has 31 heavy (non-hydrogen) atoms. The van der Waals surface area contributed by atoms with E-state index < -0.39 is 7.12 Å². The van der Waals surface area contributed by atoms with Crippen molar-refractivity contribution in [3.63, 3.8) is 0 Å². The Bertz CT molecular complexity index is 1420. The molecule has 0 N–H and O–H groups in total. The maximum absolute atomic E-state index is 6.37. The van der Waals surface area contributed by atoms with Crippen molar-refractivity contribution in [3.8, 4) is 11.5 Å². The van der Waals surface area contributed by atoms with E-state index in [9.17, 15) is 0 Å².